The maximum absolute atomic E-state index is 12.2. The molecule has 1 aromatic carbocycles. The average molecular weight is 520 g/mol. The molecule has 2 rings (SSSR count). The van der Waals surface area contributed by atoms with Gasteiger partial charge < -0.3 is 29.7 Å². The van der Waals surface area contributed by atoms with Gasteiger partial charge in [0.25, 0.3) is 5.91 Å². The van der Waals surface area contributed by atoms with Gasteiger partial charge in [-0.05, 0) is 30.7 Å². The Morgan fingerprint density at radius 3 is 2.55 bits per heavy atom. The SMILES string of the molecule is CN=C(NCCNC(=O)c1ccc(OC)cc1)N1CCC(COCCOC)C1.I. The quantitative estimate of drug-likeness (QED) is 0.211. The van der Waals surface area contributed by atoms with E-state index < -0.39 is 0 Å². The van der Waals surface area contributed by atoms with Crippen LogP contribution in [0.15, 0.2) is 29.3 Å². The molecule has 164 valence electrons. The summed E-state index contributed by atoms with van der Waals surface area (Å²) in [4.78, 5) is 18.7. The highest BCUT2D eigenvalue weighted by atomic mass is 127. The van der Waals surface area contributed by atoms with Crippen molar-refractivity contribution < 1.29 is 19.0 Å². The number of amides is 1. The van der Waals surface area contributed by atoms with E-state index in [2.05, 4.69) is 20.5 Å². The van der Waals surface area contributed by atoms with E-state index in [1.807, 2.05) is 0 Å². The second kappa shape index (κ2) is 14.4. The maximum atomic E-state index is 12.2. The Bertz CT molecular complexity index is 627. The summed E-state index contributed by atoms with van der Waals surface area (Å²) in [6.45, 7) is 5.01. The number of halogens is 1. The molecule has 1 fully saturated rings. The van der Waals surface area contributed by atoms with E-state index in [0.717, 1.165) is 37.8 Å². The van der Waals surface area contributed by atoms with Crippen molar-refractivity contribution in [3.63, 3.8) is 0 Å². The monoisotopic (exact) mass is 520 g/mol. The van der Waals surface area contributed by atoms with Gasteiger partial charge in [0.1, 0.15) is 5.75 Å². The summed E-state index contributed by atoms with van der Waals surface area (Å²) >= 11 is 0. The number of nitrogens with one attached hydrogen (secondary N) is 2. The number of carbonyl (C=O) groups is 1. The van der Waals surface area contributed by atoms with E-state index in [-0.39, 0.29) is 29.9 Å². The van der Waals surface area contributed by atoms with Crippen LogP contribution < -0.4 is 15.4 Å². The van der Waals surface area contributed by atoms with Gasteiger partial charge in [0, 0.05) is 51.8 Å². The van der Waals surface area contributed by atoms with Crippen LogP contribution in [0, 0.1) is 5.92 Å². The molecular formula is C20H33IN4O4. The molecule has 1 atom stereocenters. The molecule has 1 aromatic rings. The number of hydrogen-bond acceptors (Lipinski definition) is 5. The smallest absolute Gasteiger partial charge is 0.251 e. The molecule has 9 heteroatoms. The predicted molar refractivity (Wildman–Crippen MR) is 124 cm³/mol. The van der Waals surface area contributed by atoms with Crippen LogP contribution in [-0.2, 0) is 9.47 Å². The first-order chi connectivity index (χ1) is 13.7. The highest BCUT2D eigenvalue weighted by Crippen LogP contribution is 2.16. The van der Waals surface area contributed by atoms with Gasteiger partial charge in [0.15, 0.2) is 5.96 Å². The molecule has 1 aliphatic heterocycles. The standard InChI is InChI=1S/C20H32N4O4.HI/c1-21-20(24-11-8-16(14-24)15-28-13-12-26-2)23-10-9-22-19(25)17-4-6-18(27-3)7-5-17;/h4-7,16H,8-15H2,1-3H3,(H,21,23)(H,22,25);1H. The van der Waals surface area contributed by atoms with E-state index >= 15 is 0 Å². The lowest BCUT2D eigenvalue weighted by molar-refractivity contribution is 0.0536. The third kappa shape index (κ3) is 8.75. The highest BCUT2D eigenvalue weighted by Gasteiger charge is 2.24. The van der Waals surface area contributed by atoms with Crippen LogP contribution in [0.4, 0.5) is 0 Å². The summed E-state index contributed by atoms with van der Waals surface area (Å²) in [5.74, 6) is 1.99. The number of aliphatic imine (C=N–C) groups is 1. The van der Waals surface area contributed by atoms with E-state index in [4.69, 9.17) is 14.2 Å². The van der Waals surface area contributed by atoms with Gasteiger partial charge in [-0.25, -0.2) is 0 Å². The number of benzene rings is 1. The van der Waals surface area contributed by atoms with Crippen molar-refractivity contribution in [3.8, 4) is 5.75 Å². The van der Waals surface area contributed by atoms with Crippen LogP contribution in [0.1, 0.15) is 16.8 Å². The van der Waals surface area contributed by atoms with E-state index in [9.17, 15) is 4.79 Å². The van der Waals surface area contributed by atoms with Crippen LogP contribution >= 0.6 is 24.0 Å². The Labute approximate surface area is 190 Å². The van der Waals surface area contributed by atoms with Gasteiger partial charge in [-0.1, -0.05) is 0 Å². The van der Waals surface area contributed by atoms with Crippen molar-refractivity contribution in [3.05, 3.63) is 29.8 Å². The van der Waals surface area contributed by atoms with Gasteiger partial charge in [-0.15, -0.1) is 24.0 Å². The Morgan fingerprint density at radius 1 is 1.17 bits per heavy atom. The first kappa shape index (κ1) is 25.4. The molecule has 1 amide bonds. The minimum Gasteiger partial charge on any atom is -0.497 e. The topological polar surface area (TPSA) is 84.4 Å². The first-order valence-electron chi connectivity index (χ1n) is 9.62. The van der Waals surface area contributed by atoms with Crippen molar-refractivity contribution in [2.45, 2.75) is 6.42 Å². The van der Waals surface area contributed by atoms with Crippen LogP contribution in [0.3, 0.4) is 0 Å². The first-order valence-corrected chi connectivity index (χ1v) is 9.62. The zero-order valence-electron chi connectivity index (χ0n) is 17.5. The second-order valence-electron chi connectivity index (χ2n) is 6.63. The Kier molecular flexibility index (Phi) is 12.6. The van der Waals surface area contributed by atoms with Gasteiger partial charge in [-0.3, -0.25) is 9.79 Å². The van der Waals surface area contributed by atoms with Crippen molar-refractivity contribution in [1.29, 1.82) is 0 Å². The number of likely N-dealkylation sites (tertiary alicyclic amines) is 1. The Balaban J connectivity index is 0.00000420. The molecule has 0 spiro atoms. The van der Waals surface area contributed by atoms with E-state index in [1.165, 1.54) is 0 Å². The van der Waals surface area contributed by atoms with Gasteiger partial charge >= 0.3 is 0 Å². The third-order valence-electron chi connectivity index (χ3n) is 4.63. The zero-order chi connectivity index (χ0) is 20.2. The summed E-state index contributed by atoms with van der Waals surface area (Å²) in [5.41, 5.74) is 0.612. The van der Waals surface area contributed by atoms with Crippen LogP contribution in [0.2, 0.25) is 0 Å². The van der Waals surface area contributed by atoms with Gasteiger partial charge in [0.2, 0.25) is 0 Å². The lowest BCUT2D eigenvalue weighted by Crippen LogP contribution is -2.43. The summed E-state index contributed by atoms with van der Waals surface area (Å²) < 4.78 is 15.7. The average Bonchev–Trinajstić information content (AvgIpc) is 3.20. The molecule has 2 N–H and O–H groups in total. The van der Waals surface area contributed by atoms with Crippen molar-refractivity contribution in [2.75, 3.05) is 67.3 Å². The molecule has 1 heterocycles. The predicted octanol–water partition coefficient (Wildman–Crippen LogP) is 1.60. The minimum absolute atomic E-state index is 0. The normalized spacial score (nSPS) is 16.3. The number of hydrogen-bond donors (Lipinski definition) is 2. The summed E-state index contributed by atoms with van der Waals surface area (Å²) in [6, 6.07) is 7.05. The fraction of sp³-hybridized carbons (Fsp3) is 0.600. The Morgan fingerprint density at radius 2 is 1.90 bits per heavy atom. The molecule has 0 aromatic heterocycles. The van der Waals surface area contributed by atoms with Crippen LogP contribution in [0.5, 0.6) is 5.75 Å². The number of methoxy groups -OCH3 is 2. The maximum Gasteiger partial charge on any atom is 0.251 e. The lowest BCUT2D eigenvalue weighted by Gasteiger charge is -2.22. The minimum atomic E-state index is -0.103. The van der Waals surface area contributed by atoms with Crippen molar-refractivity contribution in [1.82, 2.24) is 15.5 Å². The van der Waals surface area contributed by atoms with Crippen LogP contribution in [-0.4, -0.2) is 84.0 Å². The molecule has 0 radical (unpaired) electrons. The summed E-state index contributed by atoms with van der Waals surface area (Å²) in [6.07, 6.45) is 1.09. The lowest BCUT2D eigenvalue weighted by atomic mass is 10.1. The van der Waals surface area contributed by atoms with E-state index in [0.29, 0.717) is 37.8 Å². The molecule has 0 saturated carbocycles. The van der Waals surface area contributed by atoms with E-state index in [1.54, 1.807) is 45.5 Å². The molecular weight excluding hydrogens is 487 g/mol. The zero-order valence-corrected chi connectivity index (χ0v) is 19.8. The molecule has 0 bridgehead atoms. The molecule has 0 aliphatic carbocycles. The molecule has 1 unspecified atom stereocenters. The Hall–Kier alpha value is -1.59. The fourth-order valence-corrected chi connectivity index (χ4v) is 3.08. The third-order valence-corrected chi connectivity index (χ3v) is 4.63. The molecule has 29 heavy (non-hydrogen) atoms. The number of rotatable bonds is 10. The number of guanidine groups is 1. The van der Waals surface area contributed by atoms with Crippen molar-refractivity contribution in [2.24, 2.45) is 10.9 Å². The number of carbonyl (C=O) groups excluding carboxylic acids is 1. The number of nitrogens with zero attached hydrogens (tertiary/aromatic N) is 2. The van der Waals surface area contributed by atoms with Crippen molar-refractivity contribution >= 4 is 35.8 Å². The highest BCUT2D eigenvalue weighted by molar-refractivity contribution is 14.0. The van der Waals surface area contributed by atoms with Gasteiger partial charge in [-0.2, -0.15) is 0 Å². The fourth-order valence-electron chi connectivity index (χ4n) is 3.08. The second-order valence-corrected chi connectivity index (χ2v) is 6.63. The molecule has 1 saturated heterocycles. The summed E-state index contributed by atoms with van der Waals surface area (Å²) in [5, 5.41) is 6.22. The van der Waals surface area contributed by atoms with Gasteiger partial charge in [0.05, 0.1) is 26.9 Å². The summed E-state index contributed by atoms with van der Waals surface area (Å²) in [7, 11) is 5.06. The largest absolute Gasteiger partial charge is 0.497 e. The van der Waals surface area contributed by atoms with Crippen LogP contribution in [0.25, 0.3) is 0 Å². The molecule has 8 nitrogen and oxygen atoms in total. The number of ether oxygens (including phenoxy) is 3. The molecule has 1 aliphatic rings.